The third-order valence-corrected chi connectivity index (χ3v) is 5.96. The van der Waals surface area contributed by atoms with Crippen LogP contribution in [0.4, 0.5) is 17.5 Å². The molecule has 5 rings (SSSR count). The number of pyridine rings is 2. The summed E-state index contributed by atoms with van der Waals surface area (Å²) in [5.41, 5.74) is 15.3. The van der Waals surface area contributed by atoms with Crippen molar-refractivity contribution in [2.75, 3.05) is 29.5 Å². The van der Waals surface area contributed by atoms with E-state index in [9.17, 15) is 5.26 Å². The first-order valence-electron chi connectivity index (χ1n) is 10.1. The molecular formula is C22H24N6O+2. The topological polar surface area (TPSA) is 117 Å². The van der Waals surface area contributed by atoms with E-state index in [-0.39, 0.29) is 6.10 Å². The Kier molecular flexibility index (Phi) is 4.13. The number of nitrogens with two attached hydrogens (primary N) is 2. The predicted octanol–water partition coefficient (Wildman–Crippen LogP) is 2.17. The normalized spacial score (nSPS) is 18.3. The second-order valence-corrected chi connectivity index (χ2v) is 7.74. The molecule has 7 nitrogen and oxygen atoms in total. The number of ether oxygens (including phenoxy) is 1. The lowest BCUT2D eigenvalue weighted by Gasteiger charge is -2.24. The molecule has 7 heteroatoms. The maximum Gasteiger partial charge on any atom is 0.287 e. The number of nitriles is 1. The van der Waals surface area contributed by atoms with Gasteiger partial charge in [-0.2, -0.15) is 5.26 Å². The minimum atomic E-state index is -0.122. The number of benzene rings is 1. The Morgan fingerprint density at radius 2 is 1.72 bits per heavy atom. The zero-order valence-electron chi connectivity index (χ0n) is 16.2. The first-order chi connectivity index (χ1) is 14.2. The second kappa shape index (κ2) is 6.82. The van der Waals surface area contributed by atoms with E-state index in [1.54, 1.807) is 0 Å². The highest BCUT2D eigenvalue weighted by molar-refractivity contribution is 6.03. The Morgan fingerprint density at radius 3 is 2.45 bits per heavy atom. The van der Waals surface area contributed by atoms with Crippen LogP contribution >= 0.6 is 0 Å². The molecule has 1 saturated heterocycles. The van der Waals surface area contributed by atoms with Gasteiger partial charge in [0.25, 0.3) is 11.7 Å². The Bertz CT molecular complexity index is 1130. The molecule has 2 aliphatic heterocycles. The second-order valence-electron chi connectivity index (χ2n) is 7.74. The number of aromatic nitrogens is 2. The van der Waals surface area contributed by atoms with Gasteiger partial charge < -0.3 is 10.5 Å². The van der Waals surface area contributed by atoms with Crippen LogP contribution in [0.2, 0.25) is 0 Å². The SMILES string of the molecule is N#Cc1c(N2CCCCC2)[nH+]c(N)c2c(N)[nH+]c3c(c12)C[C@H](c1ccccc1)O3. The number of hydrogen-bond donors (Lipinski definition) is 2. The average molecular weight is 388 g/mol. The van der Waals surface area contributed by atoms with Gasteiger partial charge in [-0.3, -0.25) is 10.6 Å². The number of anilines is 3. The molecule has 2 aliphatic rings. The summed E-state index contributed by atoms with van der Waals surface area (Å²) in [4.78, 5) is 8.63. The molecule has 0 aliphatic carbocycles. The molecular weight excluding hydrogens is 364 g/mol. The minimum Gasteiger partial charge on any atom is -0.454 e. The van der Waals surface area contributed by atoms with Crippen LogP contribution in [0.3, 0.4) is 0 Å². The molecule has 29 heavy (non-hydrogen) atoms. The van der Waals surface area contributed by atoms with Crippen LogP contribution in [0.5, 0.6) is 5.88 Å². The standard InChI is InChI=1S/C22H22N6O/c23-12-15-17-14-11-16(13-7-3-1-4-8-13)29-22(14)27-20(25)18(17)19(24)26-21(15)28-9-5-2-6-10-28/h1,3-4,7-8,16H,2,5-6,9-11H2,(H2,24,26)(H2,25,27)/p+2/t16-/m1/s1. The average Bonchev–Trinajstić information content (AvgIpc) is 3.18. The van der Waals surface area contributed by atoms with E-state index in [0.717, 1.165) is 48.3 Å². The van der Waals surface area contributed by atoms with E-state index < -0.39 is 0 Å². The number of H-pyrrole nitrogens is 2. The van der Waals surface area contributed by atoms with E-state index in [2.05, 4.69) is 33.1 Å². The number of nitrogen functional groups attached to an aromatic ring is 2. The fourth-order valence-electron chi connectivity index (χ4n) is 4.57. The van der Waals surface area contributed by atoms with Crippen molar-refractivity contribution in [1.82, 2.24) is 0 Å². The Balaban J connectivity index is 1.71. The quantitative estimate of drug-likeness (QED) is 0.698. The molecule has 1 fully saturated rings. The van der Waals surface area contributed by atoms with Gasteiger partial charge in [0.15, 0.2) is 0 Å². The van der Waals surface area contributed by atoms with Crippen molar-refractivity contribution in [1.29, 1.82) is 5.26 Å². The number of rotatable bonds is 2. The zero-order chi connectivity index (χ0) is 20.0. The highest BCUT2D eigenvalue weighted by Gasteiger charge is 2.35. The molecule has 1 atom stereocenters. The Labute approximate surface area is 168 Å². The molecule has 2 aromatic heterocycles. The van der Waals surface area contributed by atoms with Gasteiger partial charge in [-0.05, 0) is 24.8 Å². The van der Waals surface area contributed by atoms with Crippen molar-refractivity contribution in [3.63, 3.8) is 0 Å². The molecule has 1 aromatic carbocycles. The maximum atomic E-state index is 10.1. The summed E-state index contributed by atoms with van der Waals surface area (Å²) in [5.74, 6) is 2.28. The molecule has 3 aromatic rings. The minimum absolute atomic E-state index is 0.122. The van der Waals surface area contributed by atoms with E-state index in [4.69, 9.17) is 16.2 Å². The number of fused-ring (bicyclic) bond motifs is 3. The number of nitrogens with zero attached hydrogens (tertiary/aromatic N) is 2. The lowest BCUT2D eigenvalue weighted by molar-refractivity contribution is -0.377. The van der Waals surface area contributed by atoms with Crippen LogP contribution in [0.1, 0.15) is 42.1 Å². The van der Waals surface area contributed by atoms with Crippen LogP contribution in [0.15, 0.2) is 30.3 Å². The molecule has 0 unspecified atom stereocenters. The summed E-state index contributed by atoms with van der Waals surface area (Å²) in [6, 6.07) is 12.5. The third-order valence-electron chi connectivity index (χ3n) is 5.96. The van der Waals surface area contributed by atoms with Crippen molar-refractivity contribution in [3.05, 3.63) is 47.0 Å². The fraction of sp³-hybridized carbons (Fsp3) is 0.318. The molecule has 0 saturated carbocycles. The van der Waals surface area contributed by atoms with Crippen LogP contribution in [0.25, 0.3) is 10.8 Å². The van der Waals surface area contributed by atoms with Crippen molar-refractivity contribution in [2.45, 2.75) is 31.8 Å². The molecule has 146 valence electrons. The Hall–Kier alpha value is -3.53. The summed E-state index contributed by atoms with van der Waals surface area (Å²) in [6.45, 7) is 1.83. The van der Waals surface area contributed by atoms with Crippen LogP contribution in [-0.2, 0) is 6.42 Å². The highest BCUT2D eigenvalue weighted by Crippen LogP contribution is 2.42. The largest absolute Gasteiger partial charge is 0.454 e. The summed E-state index contributed by atoms with van der Waals surface area (Å²) in [5, 5.41) is 11.6. The van der Waals surface area contributed by atoms with Crippen LogP contribution < -0.4 is 31.1 Å². The number of piperidine rings is 1. The van der Waals surface area contributed by atoms with Gasteiger partial charge >= 0.3 is 0 Å². The van der Waals surface area contributed by atoms with Crippen LogP contribution in [-0.4, -0.2) is 13.1 Å². The first-order valence-corrected chi connectivity index (χ1v) is 10.1. The molecule has 0 spiro atoms. The van der Waals surface area contributed by atoms with Crippen molar-refractivity contribution in [3.8, 4) is 11.9 Å². The van der Waals surface area contributed by atoms with E-state index in [1.165, 1.54) is 6.42 Å². The van der Waals surface area contributed by atoms with Crippen molar-refractivity contribution < 1.29 is 14.7 Å². The highest BCUT2D eigenvalue weighted by atomic mass is 16.5. The lowest BCUT2D eigenvalue weighted by Crippen LogP contribution is -2.36. The summed E-state index contributed by atoms with van der Waals surface area (Å²) in [6.07, 6.45) is 3.97. The van der Waals surface area contributed by atoms with Crippen LogP contribution in [0, 0.1) is 11.3 Å². The molecule has 0 radical (unpaired) electrons. The van der Waals surface area contributed by atoms with E-state index in [1.807, 2.05) is 18.2 Å². The van der Waals surface area contributed by atoms with E-state index in [0.29, 0.717) is 34.9 Å². The summed E-state index contributed by atoms with van der Waals surface area (Å²) < 4.78 is 6.20. The lowest BCUT2D eigenvalue weighted by atomic mass is 9.97. The van der Waals surface area contributed by atoms with Gasteiger partial charge in [-0.15, -0.1) is 0 Å². The summed E-state index contributed by atoms with van der Waals surface area (Å²) in [7, 11) is 0. The smallest absolute Gasteiger partial charge is 0.287 e. The third kappa shape index (κ3) is 2.80. The zero-order valence-corrected chi connectivity index (χ0v) is 16.2. The summed E-state index contributed by atoms with van der Waals surface area (Å²) >= 11 is 0. The van der Waals surface area contributed by atoms with Gasteiger partial charge in [0.05, 0.1) is 18.7 Å². The number of hydrogen-bond acceptors (Lipinski definition) is 5. The molecule has 0 amide bonds. The predicted molar refractivity (Wildman–Crippen MR) is 110 cm³/mol. The monoisotopic (exact) mass is 388 g/mol. The Morgan fingerprint density at radius 1 is 1.00 bits per heavy atom. The van der Waals surface area contributed by atoms with Gasteiger partial charge in [0.2, 0.25) is 11.6 Å². The number of aromatic amines is 2. The molecule has 4 heterocycles. The van der Waals surface area contributed by atoms with Crippen molar-refractivity contribution >= 4 is 28.2 Å². The number of nitrogens with one attached hydrogen (secondary N) is 2. The molecule has 0 bridgehead atoms. The first kappa shape index (κ1) is 17.6. The van der Waals surface area contributed by atoms with Gasteiger partial charge in [0.1, 0.15) is 23.1 Å². The van der Waals surface area contributed by atoms with E-state index >= 15 is 0 Å². The fourth-order valence-corrected chi connectivity index (χ4v) is 4.57. The van der Waals surface area contributed by atoms with Gasteiger partial charge in [0, 0.05) is 11.8 Å². The van der Waals surface area contributed by atoms with Crippen molar-refractivity contribution in [2.24, 2.45) is 0 Å². The van der Waals surface area contributed by atoms with Gasteiger partial charge in [-0.1, -0.05) is 30.3 Å². The maximum absolute atomic E-state index is 10.1. The molecule has 6 N–H and O–H groups in total. The van der Waals surface area contributed by atoms with Gasteiger partial charge in [-0.25, -0.2) is 9.97 Å².